The zero-order valence-corrected chi connectivity index (χ0v) is 43.2. The molecule has 0 amide bonds. The number of rotatable bonds is 50. The smallest absolute Gasteiger partial charge is 0.457 e. The quantitative estimate of drug-likeness (QED) is 0.0214. The van der Waals surface area contributed by atoms with Crippen molar-refractivity contribution in [2.75, 3.05) is 54.1 Å². The molecular weight excluding hydrogens is 806 g/mol. The standard InChI is InChI=1S/C54H104NO7P/c1-6-8-10-12-14-16-18-20-22-24-26-28-29-31-33-35-37-39-41-43-45-47-54(56)62-53(52-61-63(57,58)60-50-48-55(3,4)5)51-59-49-46-44-42-40-38-36-34-32-30-27-25-23-21-19-17-15-13-11-9-7-2/h18,20-21,23-24,26,53H,6-17,19,22,25,27-52H2,1-5H3/p+1/b20-18-,23-21-,26-24-. The number of phosphoric acid groups is 1. The number of hydrogen-bond donors (Lipinski definition) is 1. The highest BCUT2D eigenvalue weighted by Gasteiger charge is 2.26. The molecule has 0 aromatic heterocycles. The van der Waals surface area contributed by atoms with Gasteiger partial charge in [-0.2, -0.15) is 0 Å². The van der Waals surface area contributed by atoms with Crippen molar-refractivity contribution in [2.24, 2.45) is 0 Å². The van der Waals surface area contributed by atoms with Crippen LogP contribution in [0.4, 0.5) is 0 Å². The van der Waals surface area contributed by atoms with Gasteiger partial charge in [-0.05, 0) is 70.6 Å². The Morgan fingerprint density at radius 3 is 1.30 bits per heavy atom. The number of nitrogens with zero attached hydrogens (tertiary/aromatic N) is 1. The molecule has 9 heteroatoms. The van der Waals surface area contributed by atoms with Crippen LogP contribution in [0.1, 0.15) is 245 Å². The Hall–Kier alpha value is -1.28. The molecule has 0 aromatic carbocycles. The van der Waals surface area contributed by atoms with Crippen LogP contribution in [0, 0.1) is 0 Å². The first-order valence-corrected chi connectivity index (χ1v) is 28.2. The number of hydrogen-bond acceptors (Lipinski definition) is 6. The Kier molecular flexibility index (Phi) is 46.3. The summed E-state index contributed by atoms with van der Waals surface area (Å²) in [6.45, 7) is 5.64. The second-order valence-electron chi connectivity index (χ2n) is 19.3. The third kappa shape index (κ3) is 51.6. The summed E-state index contributed by atoms with van der Waals surface area (Å²) in [5, 5.41) is 0. The number of esters is 1. The molecule has 0 aromatic rings. The van der Waals surface area contributed by atoms with E-state index in [9.17, 15) is 14.3 Å². The van der Waals surface area contributed by atoms with Crippen molar-refractivity contribution in [1.29, 1.82) is 0 Å². The summed E-state index contributed by atoms with van der Waals surface area (Å²) >= 11 is 0. The number of allylic oxidation sites excluding steroid dienone is 6. The Morgan fingerprint density at radius 2 is 0.873 bits per heavy atom. The van der Waals surface area contributed by atoms with E-state index < -0.39 is 13.9 Å². The average Bonchev–Trinajstić information content (AvgIpc) is 3.24. The van der Waals surface area contributed by atoms with E-state index in [0.29, 0.717) is 24.1 Å². The molecule has 8 nitrogen and oxygen atoms in total. The lowest BCUT2D eigenvalue weighted by Gasteiger charge is -2.24. The van der Waals surface area contributed by atoms with Gasteiger partial charge in [-0.3, -0.25) is 13.8 Å². The highest BCUT2D eigenvalue weighted by atomic mass is 31.2. The van der Waals surface area contributed by atoms with Crippen LogP contribution in [0.5, 0.6) is 0 Å². The van der Waals surface area contributed by atoms with Crippen LogP contribution in [-0.4, -0.2) is 75.6 Å². The fourth-order valence-corrected chi connectivity index (χ4v) is 8.26. The number of carbonyl (C=O) groups excluding carboxylic acids is 1. The van der Waals surface area contributed by atoms with E-state index in [-0.39, 0.29) is 25.8 Å². The van der Waals surface area contributed by atoms with Crippen molar-refractivity contribution in [3.05, 3.63) is 36.5 Å². The molecule has 0 aliphatic rings. The van der Waals surface area contributed by atoms with Crippen LogP contribution in [0.15, 0.2) is 36.5 Å². The first-order chi connectivity index (χ1) is 30.6. The molecule has 0 aliphatic carbocycles. The molecule has 0 heterocycles. The van der Waals surface area contributed by atoms with Crippen molar-refractivity contribution < 1.29 is 37.3 Å². The van der Waals surface area contributed by atoms with Gasteiger partial charge in [-0.1, -0.05) is 204 Å². The minimum Gasteiger partial charge on any atom is -0.457 e. The zero-order valence-electron chi connectivity index (χ0n) is 42.3. The molecule has 0 saturated heterocycles. The van der Waals surface area contributed by atoms with Gasteiger partial charge in [-0.15, -0.1) is 0 Å². The van der Waals surface area contributed by atoms with E-state index in [1.807, 2.05) is 21.1 Å². The zero-order chi connectivity index (χ0) is 46.2. The second-order valence-corrected chi connectivity index (χ2v) is 20.7. The highest BCUT2D eigenvalue weighted by molar-refractivity contribution is 7.47. The van der Waals surface area contributed by atoms with E-state index in [2.05, 4.69) is 50.3 Å². The number of unbranched alkanes of at least 4 members (excludes halogenated alkanes) is 30. The summed E-state index contributed by atoms with van der Waals surface area (Å²) in [6, 6.07) is 0. The molecule has 0 bridgehead atoms. The van der Waals surface area contributed by atoms with Crippen molar-refractivity contribution >= 4 is 13.8 Å². The van der Waals surface area contributed by atoms with E-state index in [1.165, 1.54) is 186 Å². The number of phosphoric ester groups is 1. The number of likely N-dealkylation sites (N-methyl/N-ethyl adjacent to an activating group) is 1. The molecule has 0 rings (SSSR count). The van der Waals surface area contributed by atoms with E-state index in [4.69, 9.17) is 18.5 Å². The first-order valence-electron chi connectivity index (χ1n) is 26.7. The van der Waals surface area contributed by atoms with Crippen LogP contribution >= 0.6 is 7.82 Å². The minimum atomic E-state index is -4.28. The topological polar surface area (TPSA) is 91.3 Å². The highest BCUT2D eigenvalue weighted by Crippen LogP contribution is 2.43. The molecule has 2 unspecified atom stereocenters. The minimum absolute atomic E-state index is 0.0880. The first kappa shape index (κ1) is 61.7. The number of quaternary nitrogens is 1. The van der Waals surface area contributed by atoms with Gasteiger partial charge < -0.3 is 18.9 Å². The molecule has 63 heavy (non-hydrogen) atoms. The van der Waals surface area contributed by atoms with E-state index in [0.717, 1.165) is 38.5 Å². The number of carbonyl (C=O) groups is 1. The molecule has 0 aliphatic heterocycles. The Bertz CT molecular complexity index is 1100. The molecule has 0 radical (unpaired) electrons. The van der Waals surface area contributed by atoms with Gasteiger partial charge in [0.25, 0.3) is 0 Å². The van der Waals surface area contributed by atoms with Crippen LogP contribution in [0.3, 0.4) is 0 Å². The molecule has 372 valence electrons. The summed E-state index contributed by atoms with van der Waals surface area (Å²) < 4.78 is 35.2. The van der Waals surface area contributed by atoms with Crippen LogP contribution in [0.25, 0.3) is 0 Å². The summed E-state index contributed by atoms with van der Waals surface area (Å²) in [6.07, 6.45) is 57.6. The predicted molar refractivity (Wildman–Crippen MR) is 270 cm³/mol. The summed E-state index contributed by atoms with van der Waals surface area (Å²) in [4.78, 5) is 23.0. The van der Waals surface area contributed by atoms with Crippen molar-refractivity contribution in [2.45, 2.75) is 251 Å². The van der Waals surface area contributed by atoms with Gasteiger partial charge in [0.05, 0.1) is 34.4 Å². The van der Waals surface area contributed by atoms with Gasteiger partial charge in [0.2, 0.25) is 0 Å². The van der Waals surface area contributed by atoms with Gasteiger partial charge in [0, 0.05) is 13.0 Å². The van der Waals surface area contributed by atoms with E-state index >= 15 is 0 Å². The van der Waals surface area contributed by atoms with Crippen LogP contribution in [-0.2, 0) is 27.9 Å². The maximum absolute atomic E-state index is 12.8. The molecular formula is C54H105NO7P+. The number of ether oxygens (including phenoxy) is 2. The summed E-state index contributed by atoms with van der Waals surface area (Å²) in [7, 11) is 1.67. The average molecular weight is 911 g/mol. The Morgan fingerprint density at radius 1 is 0.492 bits per heavy atom. The van der Waals surface area contributed by atoms with Gasteiger partial charge >= 0.3 is 13.8 Å². The SMILES string of the molecule is CCCCCCC/C=C\C/C=C\CCCCCCCCCCCC(=O)OC(COCCCCCCCCCCCC/C=C\CCCCCCCC)COP(=O)(O)OCC[N+](C)(C)C. The molecule has 0 saturated carbocycles. The van der Waals surface area contributed by atoms with Crippen molar-refractivity contribution in [3.63, 3.8) is 0 Å². The second kappa shape index (κ2) is 47.2. The monoisotopic (exact) mass is 911 g/mol. The fourth-order valence-electron chi connectivity index (χ4n) is 7.52. The van der Waals surface area contributed by atoms with E-state index in [1.54, 1.807) is 0 Å². The fraction of sp³-hybridized carbons (Fsp3) is 0.870. The normalized spacial score (nSPS) is 13.8. The maximum Gasteiger partial charge on any atom is 0.472 e. The van der Waals surface area contributed by atoms with Gasteiger partial charge in [0.1, 0.15) is 19.3 Å². The molecule has 0 fully saturated rings. The summed E-state index contributed by atoms with van der Waals surface area (Å²) in [5.41, 5.74) is 0. The Labute approximate surface area is 391 Å². The largest absolute Gasteiger partial charge is 0.472 e. The Balaban J connectivity index is 4.12. The summed E-state index contributed by atoms with van der Waals surface area (Å²) in [5.74, 6) is -0.315. The maximum atomic E-state index is 12.8. The van der Waals surface area contributed by atoms with Crippen LogP contribution in [0.2, 0.25) is 0 Å². The molecule has 1 N–H and O–H groups in total. The van der Waals surface area contributed by atoms with Gasteiger partial charge in [-0.25, -0.2) is 4.57 Å². The van der Waals surface area contributed by atoms with Crippen LogP contribution < -0.4 is 0 Å². The van der Waals surface area contributed by atoms with Gasteiger partial charge in [0.15, 0.2) is 0 Å². The molecule has 2 atom stereocenters. The van der Waals surface area contributed by atoms with Crippen molar-refractivity contribution in [1.82, 2.24) is 0 Å². The lowest BCUT2D eigenvalue weighted by molar-refractivity contribution is -0.870. The third-order valence-electron chi connectivity index (χ3n) is 11.7. The third-order valence-corrected chi connectivity index (χ3v) is 12.7. The lowest BCUT2D eigenvalue weighted by atomic mass is 10.1. The lowest BCUT2D eigenvalue weighted by Crippen LogP contribution is -2.37. The molecule has 0 spiro atoms. The predicted octanol–water partition coefficient (Wildman–Crippen LogP) is 16.5. The van der Waals surface area contributed by atoms with Crippen molar-refractivity contribution in [3.8, 4) is 0 Å².